The number of hydrogen-bond donors (Lipinski definition) is 2. The second-order valence-electron chi connectivity index (χ2n) is 7.68. The Morgan fingerprint density at radius 1 is 1.21 bits per heavy atom. The van der Waals surface area contributed by atoms with Crippen LogP contribution >= 0.6 is 0 Å². The average molecular weight is 394 g/mol. The fraction of sp³-hybridized carbons (Fsp3) is 0.300. The number of nitrogens with one attached hydrogen (secondary N) is 2. The van der Waals surface area contributed by atoms with Gasteiger partial charge in [-0.05, 0) is 31.0 Å². The van der Waals surface area contributed by atoms with Gasteiger partial charge in [0.25, 0.3) is 11.5 Å². The van der Waals surface area contributed by atoms with Gasteiger partial charge in [-0.1, -0.05) is 0 Å². The number of hydrogen-bond acceptors (Lipinski definition) is 6. The minimum Gasteiger partial charge on any atom is -0.449 e. The van der Waals surface area contributed by atoms with E-state index in [1.54, 1.807) is 32.0 Å². The minimum atomic E-state index is -0.758. The maximum atomic E-state index is 12.7. The highest BCUT2D eigenvalue weighted by atomic mass is 16.7. The number of aromatic amines is 1. The molecule has 1 aromatic carbocycles. The first-order chi connectivity index (χ1) is 13.8. The van der Waals surface area contributed by atoms with E-state index in [-0.39, 0.29) is 17.0 Å². The van der Waals surface area contributed by atoms with Gasteiger partial charge < -0.3 is 14.8 Å². The number of amides is 1. The number of rotatable bonds is 3. The summed E-state index contributed by atoms with van der Waals surface area (Å²) in [5.74, 6) is -0.0496. The maximum absolute atomic E-state index is 12.7. The van der Waals surface area contributed by atoms with Crippen LogP contribution in [0.25, 0.3) is 11.0 Å². The van der Waals surface area contributed by atoms with E-state index >= 15 is 0 Å². The molecule has 3 aromatic rings. The summed E-state index contributed by atoms with van der Waals surface area (Å²) >= 11 is 0. The molecule has 0 radical (unpaired) electrons. The number of pyridine rings is 1. The van der Waals surface area contributed by atoms with Crippen molar-refractivity contribution in [3.8, 4) is 11.5 Å². The Kier molecular flexibility index (Phi) is 3.58. The van der Waals surface area contributed by atoms with Gasteiger partial charge in [0.15, 0.2) is 11.5 Å². The van der Waals surface area contributed by atoms with Crippen molar-refractivity contribution in [1.29, 1.82) is 0 Å². The summed E-state index contributed by atoms with van der Waals surface area (Å²) in [5.41, 5.74) is -0.00976. The fourth-order valence-corrected chi connectivity index (χ4v) is 3.44. The van der Waals surface area contributed by atoms with Crippen LogP contribution in [0, 0.1) is 0 Å². The van der Waals surface area contributed by atoms with Gasteiger partial charge in [0.05, 0.1) is 10.9 Å². The Morgan fingerprint density at radius 3 is 2.72 bits per heavy atom. The van der Waals surface area contributed by atoms with E-state index < -0.39 is 22.9 Å². The summed E-state index contributed by atoms with van der Waals surface area (Å²) in [4.78, 5) is 43.6. The van der Waals surface area contributed by atoms with Gasteiger partial charge >= 0.3 is 5.69 Å². The third-order valence-corrected chi connectivity index (χ3v) is 4.87. The van der Waals surface area contributed by atoms with Gasteiger partial charge in [0.1, 0.15) is 5.65 Å². The van der Waals surface area contributed by atoms with Gasteiger partial charge in [-0.15, -0.1) is 0 Å². The van der Waals surface area contributed by atoms with Crippen molar-refractivity contribution in [2.24, 2.45) is 0 Å². The number of carbonyl (C=O) groups is 1. The zero-order chi connectivity index (χ0) is 20.3. The second kappa shape index (κ2) is 5.94. The van der Waals surface area contributed by atoms with Crippen LogP contribution in [0.1, 0.15) is 43.1 Å². The first kappa shape index (κ1) is 17.5. The lowest BCUT2D eigenvalue weighted by Crippen LogP contribution is -2.30. The number of carbonyl (C=O) groups excluding carboxylic acids is 1. The lowest BCUT2D eigenvalue weighted by Gasteiger charge is -2.16. The summed E-state index contributed by atoms with van der Waals surface area (Å²) in [7, 11) is 0. The molecule has 0 unspecified atom stereocenters. The van der Waals surface area contributed by atoms with Crippen molar-refractivity contribution in [3.63, 3.8) is 0 Å². The van der Waals surface area contributed by atoms with Crippen molar-refractivity contribution < 1.29 is 14.3 Å². The van der Waals surface area contributed by atoms with E-state index in [0.717, 1.165) is 12.8 Å². The highest BCUT2D eigenvalue weighted by Crippen LogP contribution is 2.40. The van der Waals surface area contributed by atoms with Gasteiger partial charge in [0, 0.05) is 37.8 Å². The Bertz CT molecular complexity index is 1290. The molecule has 2 aliphatic rings. The molecule has 0 saturated heterocycles. The Balaban J connectivity index is 1.47. The molecule has 0 bridgehead atoms. The highest BCUT2D eigenvalue weighted by molar-refractivity contribution is 6.05. The number of nitrogens with zero attached hydrogens (tertiary/aromatic N) is 2. The van der Waals surface area contributed by atoms with Gasteiger partial charge in [-0.2, -0.15) is 0 Å². The molecular weight excluding hydrogens is 376 g/mol. The van der Waals surface area contributed by atoms with Gasteiger partial charge in [-0.3, -0.25) is 19.1 Å². The predicted molar refractivity (Wildman–Crippen MR) is 105 cm³/mol. The third-order valence-electron chi connectivity index (χ3n) is 4.87. The number of ether oxygens (including phenoxy) is 2. The number of benzene rings is 1. The van der Waals surface area contributed by atoms with E-state index in [0.29, 0.717) is 22.8 Å². The Hall–Kier alpha value is -3.62. The Labute approximate surface area is 164 Å². The van der Waals surface area contributed by atoms with Crippen LogP contribution < -0.4 is 26.0 Å². The van der Waals surface area contributed by atoms with Crippen LogP contribution in [0.15, 0.2) is 40.1 Å². The van der Waals surface area contributed by atoms with E-state index in [4.69, 9.17) is 9.47 Å². The largest absolute Gasteiger partial charge is 0.449 e. The Morgan fingerprint density at radius 2 is 1.97 bits per heavy atom. The van der Waals surface area contributed by atoms with Crippen LogP contribution in [0.5, 0.6) is 11.5 Å². The average Bonchev–Trinajstić information content (AvgIpc) is 3.43. The van der Waals surface area contributed by atoms with Gasteiger partial charge in [0.2, 0.25) is 5.79 Å². The smallest absolute Gasteiger partial charge is 0.330 e. The molecule has 9 heteroatoms. The first-order valence-corrected chi connectivity index (χ1v) is 9.29. The summed E-state index contributed by atoms with van der Waals surface area (Å²) in [6, 6.07) is 6.59. The fourth-order valence-electron chi connectivity index (χ4n) is 3.44. The maximum Gasteiger partial charge on any atom is 0.330 e. The van der Waals surface area contributed by atoms with Crippen molar-refractivity contribution in [2.75, 3.05) is 5.32 Å². The molecule has 2 aromatic heterocycles. The molecule has 1 aliphatic carbocycles. The molecule has 1 aliphatic heterocycles. The zero-order valence-electron chi connectivity index (χ0n) is 15.8. The first-order valence-electron chi connectivity index (χ1n) is 9.29. The van der Waals surface area contributed by atoms with Crippen LogP contribution in [0.3, 0.4) is 0 Å². The standard InChI is InChI=1S/C20H18N4O5/c1-20(2)28-14-6-3-11(8-15(14)29-20)22-17(25)10-7-13-16(21-9-10)24(12-4-5-12)19(27)23-18(13)26/h3,6-9,12H,4-5H2,1-2H3,(H,22,25)(H,23,26,27). The van der Waals surface area contributed by atoms with Crippen LogP contribution in [0.4, 0.5) is 5.69 Å². The highest BCUT2D eigenvalue weighted by Gasteiger charge is 2.32. The number of anilines is 1. The number of fused-ring (bicyclic) bond motifs is 2. The predicted octanol–water partition coefficient (Wildman–Crippen LogP) is 2.18. The van der Waals surface area contributed by atoms with Crippen LogP contribution in [-0.4, -0.2) is 26.2 Å². The van der Waals surface area contributed by atoms with Crippen molar-refractivity contribution >= 4 is 22.6 Å². The van der Waals surface area contributed by atoms with Crippen molar-refractivity contribution in [3.05, 3.63) is 56.9 Å². The van der Waals surface area contributed by atoms with Crippen molar-refractivity contribution in [1.82, 2.24) is 14.5 Å². The molecule has 0 atom stereocenters. The topological polar surface area (TPSA) is 115 Å². The van der Waals surface area contributed by atoms with E-state index in [1.165, 1.54) is 16.8 Å². The normalized spacial score (nSPS) is 16.8. The molecule has 0 spiro atoms. The number of aromatic nitrogens is 3. The summed E-state index contributed by atoms with van der Waals surface area (Å²) in [5, 5.41) is 2.97. The van der Waals surface area contributed by atoms with Crippen LogP contribution in [0.2, 0.25) is 0 Å². The molecule has 1 saturated carbocycles. The quantitative estimate of drug-likeness (QED) is 0.704. The third kappa shape index (κ3) is 3.04. The summed E-state index contributed by atoms with van der Waals surface area (Å²) in [6.45, 7) is 3.59. The lowest BCUT2D eigenvalue weighted by atomic mass is 10.2. The summed E-state index contributed by atoms with van der Waals surface area (Å²) < 4.78 is 12.8. The van der Waals surface area contributed by atoms with Crippen LogP contribution in [-0.2, 0) is 0 Å². The zero-order valence-corrected chi connectivity index (χ0v) is 15.8. The molecule has 1 fully saturated rings. The van der Waals surface area contributed by atoms with E-state index in [9.17, 15) is 14.4 Å². The summed E-state index contributed by atoms with van der Waals surface area (Å²) in [6.07, 6.45) is 3.10. The van der Waals surface area contributed by atoms with Crippen molar-refractivity contribution in [2.45, 2.75) is 38.5 Å². The molecule has 29 heavy (non-hydrogen) atoms. The SMILES string of the molecule is CC1(C)Oc2ccc(NC(=O)c3cnc4c(c3)c(=O)[nH]c(=O)n4C3CC3)cc2O1. The lowest BCUT2D eigenvalue weighted by molar-refractivity contribution is -0.0431. The molecule has 3 heterocycles. The number of H-pyrrole nitrogens is 1. The molecule has 2 N–H and O–H groups in total. The second-order valence-corrected chi connectivity index (χ2v) is 7.68. The molecule has 5 rings (SSSR count). The van der Waals surface area contributed by atoms with Gasteiger partial charge in [-0.25, -0.2) is 9.78 Å². The monoisotopic (exact) mass is 394 g/mol. The molecular formula is C20H18N4O5. The molecule has 148 valence electrons. The van der Waals surface area contributed by atoms with E-state index in [1.807, 2.05) is 0 Å². The minimum absolute atomic E-state index is 0.0481. The molecule has 1 amide bonds. The molecule has 9 nitrogen and oxygen atoms in total. The van der Waals surface area contributed by atoms with E-state index in [2.05, 4.69) is 15.3 Å².